The lowest BCUT2D eigenvalue weighted by molar-refractivity contribution is -0.114. The van der Waals surface area contributed by atoms with Gasteiger partial charge in [-0.3, -0.25) is 4.79 Å². The molecular formula is C14H15BrN4O2. The molecule has 0 saturated heterocycles. The first-order chi connectivity index (χ1) is 10.1. The van der Waals surface area contributed by atoms with Gasteiger partial charge in [0.1, 0.15) is 16.6 Å². The summed E-state index contributed by atoms with van der Waals surface area (Å²) in [5.74, 6) is 1.37. The average molecular weight is 351 g/mol. The normalized spacial score (nSPS) is 10.0. The molecule has 0 aliphatic rings. The zero-order valence-electron chi connectivity index (χ0n) is 11.7. The molecule has 1 aromatic carbocycles. The van der Waals surface area contributed by atoms with Crippen LogP contribution in [0, 0.1) is 0 Å². The predicted molar refractivity (Wildman–Crippen MR) is 84.7 cm³/mol. The van der Waals surface area contributed by atoms with Gasteiger partial charge in [0.25, 0.3) is 0 Å². The molecule has 0 fully saturated rings. The van der Waals surface area contributed by atoms with E-state index in [-0.39, 0.29) is 5.91 Å². The predicted octanol–water partition coefficient (Wildman–Crippen LogP) is 3.42. The first-order valence-electron chi connectivity index (χ1n) is 6.40. The lowest BCUT2D eigenvalue weighted by Gasteiger charge is -2.13. The van der Waals surface area contributed by atoms with E-state index in [0.717, 1.165) is 6.54 Å². The first-order valence-corrected chi connectivity index (χ1v) is 7.20. The molecule has 0 aliphatic carbocycles. The van der Waals surface area contributed by atoms with Gasteiger partial charge in [-0.1, -0.05) is 12.1 Å². The Balaban J connectivity index is 2.30. The van der Waals surface area contributed by atoms with E-state index >= 15 is 0 Å². The maximum absolute atomic E-state index is 11.2. The number of halogens is 1. The summed E-state index contributed by atoms with van der Waals surface area (Å²) in [4.78, 5) is 19.4. The Labute approximate surface area is 131 Å². The summed E-state index contributed by atoms with van der Waals surface area (Å²) in [7, 11) is 0. The standard InChI is InChI=1S/C14H15BrN4O2/c1-3-16-13-12(15)14(18-8-17-13)21-11-7-5-4-6-10(11)19-9(2)20/h4-8H,3H2,1-2H3,(H,19,20)(H,16,17,18). The number of nitrogens with zero attached hydrogens (tertiary/aromatic N) is 2. The van der Waals surface area contributed by atoms with E-state index < -0.39 is 0 Å². The van der Waals surface area contributed by atoms with Crippen LogP contribution in [0.4, 0.5) is 11.5 Å². The Morgan fingerprint density at radius 1 is 1.33 bits per heavy atom. The fourth-order valence-electron chi connectivity index (χ4n) is 1.67. The van der Waals surface area contributed by atoms with Crippen LogP contribution in [-0.2, 0) is 4.79 Å². The molecule has 1 heterocycles. The van der Waals surface area contributed by atoms with Crippen molar-refractivity contribution in [2.45, 2.75) is 13.8 Å². The number of carbonyl (C=O) groups is 1. The van der Waals surface area contributed by atoms with Crippen LogP contribution in [0.2, 0.25) is 0 Å². The SMILES string of the molecule is CCNc1ncnc(Oc2ccccc2NC(C)=O)c1Br. The number of amides is 1. The molecule has 2 N–H and O–H groups in total. The van der Waals surface area contributed by atoms with Gasteiger partial charge in [0.15, 0.2) is 5.75 Å². The van der Waals surface area contributed by atoms with Crippen molar-refractivity contribution < 1.29 is 9.53 Å². The summed E-state index contributed by atoms with van der Waals surface area (Å²) >= 11 is 3.42. The maximum Gasteiger partial charge on any atom is 0.238 e. The topological polar surface area (TPSA) is 76.1 Å². The highest BCUT2D eigenvalue weighted by atomic mass is 79.9. The van der Waals surface area contributed by atoms with Gasteiger partial charge in [-0.2, -0.15) is 0 Å². The van der Waals surface area contributed by atoms with Crippen molar-refractivity contribution in [3.05, 3.63) is 35.1 Å². The van der Waals surface area contributed by atoms with E-state index in [4.69, 9.17) is 4.74 Å². The largest absolute Gasteiger partial charge is 0.435 e. The summed E-state index contributed by atoms with van der Waals surface area (Å²) in [5, 5.41) is 5.82. The molecule has 0 atom stereocenters. The van der Waals surface area contributed by atoms with Crippen LogP contribution >= 0.6 is 15.9 Å². The van der Waals surface area contributed by atoms with E-state index in [1.165, 1.54) is 13.3 Å². The van der Waals surface area contributed by atoms with Gasteiger partial charge in [0.2, 0.25) is 11.8 Å². The van der Waals surface area contributed by atoms with E-state index in [1.54, 1.807) is 12.1 Å². The second-order valence-electron chi connectivity index (χ2n) is 4.15. The number of anilines is 2. The molecule has 0 spiro atoms. The third-order valence-electron chi connectivity index (χ3n) is 2.51. The summed E-state index contributed by atoms with van der Waals surface area (Å²) in [6.45, 7) is 4.15. The Bertz CT molecular complexity index is 649. The summed E-state index contributed by atoms with van der Waals surface area (Å²) in [5.41, 5.74) is 0.584. The van der Waals surface area contributed by atoms with Crippen LogP contribution in [-0.4, -0.2) is 22.4 Å². The van der Waals surface area contributed by atoms with Crippen molar-refractivity contribution in [3.63, 3.8) is 0 Å². The zero-order valence-corrected chi connectivity index (χ0v) is 13.3. The Morgan fingerprint density at radius 3 is 2.81 bits per heavy atom. The molecule has 0 bridgehead atoms. The summed E-state index contributed by atoms with van der Waals surface area (Å²) < 4.78 is 6.40. The third-order valence-corrected chi connectivity index (χ3v) is 3.22. The number of hydrogen-bond acceptors (Lipinski definition) is 5. The van der Waals surface area contributed by atoms with Crippen molar-refractivity contribution in [1.82, 2.24) is 9.97 Å². The number of ether oxygens (including phenoxy) is 1. The lowest BCUT2D eigenvalue weighted by atomic mass is 10.3. The van der Waals surface area contributed by atoms with Crippen LogP contribution in [0.1, 0.15) is 13.8 Å². The number of hydrogen-bond donors (Lipinski definition) is 2. The highest BCUT2D eigenvalue weighted by molar-refractivity contribution is 9.10. The maximum atomic E-state index is 11.2. The molecule has 0 unspecified atom stereocenters. The lowest BCUT2D eigenvalue weighted by Crippen LogP contribution is -2.07. The van der Waals surface area contributed by atoms with E-state index in [1.807, 2.05) is 19.1 Å². The Kier molecular flexibility index (Phi) is 5.10. The van der Waals surface area contributed by atoms with Crippen molar-refractivity contribution in [2.24, 2.45) is 0 Å². The number of aromatic nitrogens is 2. The van der Waals surface area contributed by atoms with Crippen molar-refractivity contribution >= 4 is 33.3 Å². The molecule has 1 amide bonds. The first kappa shape index (κ1) is 15.2. The smallest absolute Gasteiger partial charge is 0.238 e. The Morgan fingerprint density at radius 2 is 2.10 bits per heavy atom. The monoisotopic (exact) mass is 350 g/mol. The summed E-state index contributed by atoms with van der Waals surface area (Å²) in [6, 6.07) is 7.15. The molecule has 21 heavy (non-hydrogen) atoms. The van der Waals surface area contributed by atoms with E-state index in [2.05, 4.69) is 36.5 Å². The number of carbonyl (C=O) groups excluding carboxylic acids is 1. The van der Waals surface area contributed by atoms with Gasteiger partial charge in [-0.05, 0) is 35.0 Å². The Hall–Kier alpha value is -2.15. The minimum absolute atomic E-state index is 0.166. The molecule has 110 valence electrons. The number of rotatable bonds is 5. The summed E-state index contributed by atoms with van der Waals surface area (Å²) in [6.07, 6.45) is 1.42. The van der Waals surface area contributed by atoms with Crippen molar-refractivity contribution in [3.8, 4) is 11.6 Å². The van der Waals surface area contributed by atoms with E-state index in [9.17, 15) is 4.79 Å². The van der Waals surface area contributed by atoms with Gasteiger partial charge in [-0.25, -0.2) is 9.97 Å². The van der Waals surface area contributed by atoms with Gasteiger partial charge < -0.3 is 15.4 Å². The second-order valence-corrected chi connectivity index (χ2v) is 4.94. The molecule has 7 heteroatoms. The quantitative estimate of drug-likeness (QED) is 0.863. The van der Waals surface area contributed by atoms with Gasteiger partial charge in [0, 0.05) is 13.5 Å². The van der Waals surface area contributed by atoms with Crippen LogP contribution in [0.25, 0.3) is 0 Å². The molecule has 0 saturated carbocycles. The van der Waals surface area contributed by atoms with Crippen LogP contribution < -0.4 is 15.4 Å². The molecule has 1 aromatic heterocycles. The third kappa shape index (κ3) is 3.91. The highest BCUT2D eigenvalue weighted by Gasteiger charge is 2.12. The fourth-order valence-corrected chi connectivity index (χ4v) is 2.09. The van der Waals surface area contributed by atoms with Crippen LogP contribution in [0.3, 0.4) is 0 Å². The van der Waals surface area contributed by atoms with Gasteiger partial charge >= 0.3 is 0 Å². The average Bonchev–Trinajstić information content (AvgIpc) is 2.45. The highest BCUT2D eigenvalue weighted by Crippen LogP contribution is 2.34. The molecule has 0 radical (unpaired) electrons. The van der Waals surface area contributed by atoms with Crippen LogP contribution in [0.5, 0.6) is 11.6 Å². The molecular weight excluding hydrogens is 336 g/mol. The molecule has 6 nitrogen and oxygen atoms in total. The van der Waals surface area contributed by atoms with E-state index in [0.29, 0.717) is 27.6 Å². The number of para-hydroxylation sites is 2. The minimum Gasteiger partial charge on any atom is -0.435 e. The molecule has 2 aromatic rings. The number of nitrogens with one attached hydrogen (secondary N) is 2. The molecule has 2 rings (SSSR count). The van der Waals surface area contributed by atoms with Crippen molar-refractivity contribution in [1.29, 1.82) is 0 Å². The second kappa shape index (κ2) is 7.03. The minimum atomic E-state index is -0.166. The molecule has 0 aliphatic heterocycles. The fraction of sp³-hybridized carbons (Fsp3) is 0.214. The van der Waals surface area contributed by atoms with Gasteiger partial charge in [-0.15, -0.1) is 0 Å². The number of benzene rings is 1. The van der Waals surface area contributed by atoms with Gasteiger partial charge in [0.05, 0.1) is 5.69 Å². The van der Waals surface area contributed by atoms with Crippen molar-refractivity contribution in [2.75, 3.05) is 17.2 Å². The zero-order chi connectivity index (χ0) is 15.2. The van der Waals surface area contributed by atoms with Crippen LogP contribution in [0.15, 0.2) is 35.1 Å².